The number of hydrogen-bond donors (Lipinski definition) is 2. The molecule has 0 bridgehead atoms. The molecule has 1 aromatic rings. The number of halogens is 3. The van der Waals surface area contributed by atoms with Gasteiger partial charge in [-0.15, -0.1) is 0 Å². The fourth-order valence-corrected chi connectivity index (χ4v) is 0.878. The fraction of sp³-hybridized carbons (Fsp3) is 0. The van der Waals surface area contributed by atoms with E-state index in [0.717, 1.165) is 6.07 Å². The molecule has 0 fully saturated rings. The Morgan fingerprint density at radius 3 is 2.62 bits per heavy atom. The van der Waals surface area contributed by atoms with Crippen LogP contribution in [0.3, 0.4) is 0 Å². The molecule has 0 heterocycles. The van der Waals surface area contributed by atoms with Crippen LogP contribution in [0.25, 0.3) is 0 Å². The molecule has 0 radical (unpaired) electrons. The first-order chi connectivity index (χ1) is 5.59. The summed E-state index contributed by atoms with van der Waals surface area (Å²) < 4.78 is 12.5. The lowest BCUT2D eigenvalue weighted by atomic mass is 10.3. The van der Waals surface area contributed by atoms with Crippen LogP contribution in [0, 0.1) is 5.82 Å². The molecule has 0 saturated heterocycles. The van der Waals surface area contributed by atoms with Crippen LogP contribution < -0.4 is 5.32 Å². The molecule has 0 unspecified atom stereocenters. The van der Waals surface area contributed by atoms with Gasteiger partial charge in [0.2, 0.25) is 0 Å². The number of amides is 1. The molecule has 0 saturated carbocycles. The van der Waals surface area contributed by atoms with Crippen LogP contribution >= 0.6 is 11.6 Å². The minimum absolute atomic E-state index is 0. The Balaban J connectivity index is 0.00000144. The molecule has 0 aliphatic rings. The zero-order valence-corrected chi connectivity index (χ0v) is 7.01. The Labute approximate surface area is 77.5 Å². The highest BCUT2D eigenvalue weighted by molar-refractivity contribution is 6.31. The molecule has 0 aliphatic heterocycles. The third-order valence-electron chi connectivity index (χ3n) is 1.17. The van der Waals surface area contributed by atoms with Crippen molar-refractivity contribution in [2.24, 2.45) is 0 Å². The van der Waals surface area contributed by atoms with Crippen LogP contribution in [0.5, 0.6) is 0 Å². The van der Waals surface area contributed by atoms with Gasteiger partial charge in [-0.2, -0.15) is 0 Å². The number of nitrogens with one attached hydrogen (secondary N) is 1. The van der Waals surface area contributed by atoms with E-state index in [1.807, 2.05) is 5.32 Å². The van der Waals surface area contributed by atoms with E-state index in [4.69, 9.17) is 16.7 Å². The van der Waals surface area contributed by atoms with E-state index in [1.54, 1.807) is 0 Å². The summed E-state index contributed by atoms with van der Waals surface area (Å²) in [5, 5.41) is 10.2. The maximum Gasteiger partial charge on any atom is 0.409 e. The van der Waals surface area contributed by atoms with E-state index in [1.165, 1.54) is 12.1 Å². The minimum atomic E-state index is -1.21. The molecule has 1 amide bonds. The number of anilines is 1. The number of benzene rings is 1. The molecule has 2 N–H and O–H groups in total. The average molecular weight is 210 g/mol. The Hall–Kier alpha value is -1.36. The first-order valence-electron chi connectivity index (χ1n) is 3.04. The number of rotatable bonds is 1. The van der Waals surface area contributed by atoms with Crippen molar-refractivity contribution in [1.29, 1.82) is 0 Å². The van der Waals surface area contributed by atoms with E-state index in [-0.39, 0.29) is 15.4 Å². The molecule has 0 aromatic heterocycles. The summed E-state index contributed by atoms with van der Waals surface area (Å²) in [4.78, 5) is 10.1. The van der Waals surface area contributed by atoms with Crippen molar-refractivity contribution in [2.45, 2.75) is 0 Å². The van der Waals surface area contributed by atoms with E-state index in [0.29, 0.717) is 0 Å². The third kappa shape index (κ3) is 3.25. The van der Waals surface area contributed by atoms with Crippen molar-refractivity contribution in [2.75, 3.05) is 5.32 Å². The van der Waals surface area contributed by atoms with Gasteiger partial charge < -0.3 is 5.11 Å². The van der Waals surface area contributed by atoms with Crippen LogP contribution in [0.2, 0.25) is 5.02 Å². The number of hydrogen-bond acceptors (Lipinski definition) is 1. The van der Waals surface area contributed by atoms with Gasteiger partial charge in [-0.05, 0) is 18.2 Å². The molecular weight excluding hydrogens is 204 g/mol. The van der Waals surface area contributed by atoms with Crippen molar-refractivity contribution < 1.29 is 19.0 Å². The molecule has 0 atom stereocenters. The van der Waals surface area contributed by atoms with Gasteiger partial charge in [-0.3, -0.25) is 10.0 Å². The second-order valence-corrected chi connectivity index (χ2v) is 2.47. The van der Waals surface area contributed by atoms with Crippen LogP contribution in [-0.4, -0.2) is 11.2 Å². The summed E-state index contributed by atoms with van der Waals surface area (Å²) in [7, 11) is 0. The molecule has 72 valence electrons. The van der Waals surface area contributed by atoms with Gasteiger partial charge in [-0.1, -0.05) is 11.6 Å². The first kappa shape index (κ1) is 11.6. The maximum atomic E-state index is 12.5. The lowest BCUT2D eigenvalue weighted by Crippen LogP contribution is -2.06. The standard InChI is InChI=1S/C7H5ClFNO2.FH/c8-5-3-4(10-7(11)12)1-2-6(5)9;/h1-3,10H,(H,11,12);1H. The predicted molar refractivity (Wildman–Crippen MR) is 45.6 cm³/mol. The smallest absolute Gasteiger partial charge is 0.409 e. The van der Waals surface area contributed by atoms with Gasteiger partial charge in [0.05, 0.1) is 5.02 Å². The normalized spacial score (nSPS) is 8.77. The lowest BCUT2D eigenvalue weighted by Gasteiger charge is -2.00. The summed E-state index contributed by atoms with van der Waals surface area (Å²) >= 11 is 5.39. The molecule has 1 aromatic carbocycles. The molecule has 6 heteroatoms. The van der Waals surface area contributed by atoms with Crippen molar-refractivity contribution in [3.63, 3.8) is 0 Å². The molecule has 0 aliphatic carbocycles. The summed E-state index contributed by atoms with van der Waals surface area (Å²) in [6, 6.07) is 3.58. The first-order valence-corrected chi connectivity index (χ1v) is 3.42. The van der Waals surface area contributed by atoms with E-state index in [9.17, 15) is 9.18 Å². The Bertz CT molecular complexity index is 319. The van der Waals surface area contributed by atoms with E-state index >= 15 is 0 Å². The van der Waals surface area contributed by atoms with Crippen LogP contribution in [0.1, 0.15) is 0 Å². The van der Waals surface area contributed by atoms with E-state index in [2.05, 4.69) is 0 Å². The Morgan fingerprint density at radius 2 is 2.15 bits per heavy atom. The summed E-state index contributed by atoms with van der Waals surface area (Å²) in [5.74, 6) is -0.576. The second kappa shape index (κ2) is 4.61. The predicted octanol–water partition coefficient (Wildman–Crippen LogP) is 2.72. The van der Waals surface area contributed by atoms with Crippen LogP contribution in [0.4, 0.5) is 19.6 Å². The Kier molecular flexibility index (Phi) is 4.13. The van der Waals surface area contributed by atoms with Gasteiger partial charge in [0.15, 0.2) is 0 Å². The monoisotopic (exact) mass is 209 g/mol. The largest absolute Gasteiger partial charge is 0.465 e. The van der Waals surface area contributed by atoms with Gasteiger partial charge >= 0.3 is 6.09 Å². The van der Waals surface area contributed by atoms with Gasteiger partial charge in [0.25, 0.3) is 0 Å². The minimum Gasteiger partial charge on any atom is -0.465 e. The summed E-state index contributed by atoms with van der Waals surface area (Å²) in [6.07, 6.45) is -1.21. The molecule has 13 heavy (non-hydrogen) atoms. The average Bonchev–Trinajstić information content (AvgIpc) is 1.96. The zero-order chi connectivity index (χ0) is 9.14. The zero-order valence-electron chi connectivity index (χ0n) is 6.25. The number of carbonyl (C=O) groups is 1. The van der Waals surface area contributed by atoms with Crippen LogP contribution in [0.15, 0.2) is 18.2 Å². The Morgan fingerprint density at radius 1 is 1.54 bits per heavy atom. The quantitative estimate of drug-likeness (QED) is 0.747. The van der Waals surface area contributed by atoms with Crippen molar-refractivity contribution in [3.8, 4) is 0 Å². The lowest BCUT2D eigenvalue weighted by molar-refractivity contribution is 0.209. The topological polar surface area (TPSA) is 49.3 Å². The van der Waals surface area contributed by atoms with Crippen molar-refractivity contribution in [3.05, 3.63) is 29.0 Å². The fourth-order valence-electron chi connectivity index (χ4n) is 0.697. The number of carboxylic acid groups (broad SMARTS) is 1. The van der Waals surface area contributed by atoms with E-state index < -0.39 is 11.9 Å². The highest BCUT2D eigenvalue weighted by atomic mass is 35.5. The second-order valence-electron chi connectivity index (χ2n) is 2.06. The molecule has 3 nitrogen and oxygen atoms in total. The van der Waals surface area contributed by atoms with Crippen molar-refractivity contribution in [1.82, 2.24) is 0 Å². The highest BCUT2D eigenvalue weighted by Crippen LogP contribution is 2.18. The molecular formula is C7H6ClF2NO2. The van der Waals surface area contributed by atoms with Crippen LogP contribution in [-0.2, 0) is 0 Å². The summed E-state index contributed by atoms with van der Waals surface area (Å²) in [6.45, 7) is 0. The molecule has 0 spiro atoms. The maximum absolute atomic E-state index is 12.5. The van der Waals surface area contributed by atoms with Gasteiger partial charge in [0.1, 0.15) is 5.82 Å². The summed E-state index contributed by atoms with van der Waals surface area (Å²) in [5.41, 5.74) is 0.244. The third-order valence-corrected chi connectivity index (χ3v) is 1.46. The SMILES string of the molecule is F.O=C(O)Nc1ccc(F)c(Cl)c1. The van der Waals surface area contributed by atoms with Gasteiger partial charge in [0, 0.05) is 5.69 Å². The van der Waals surface area contributed by atoms with Crippen molar-refractivity contribution >= 4 is 23.4 Å². The highest BCUT2D eigenvalue weighted by Gasteiger charge is 2.02. The molecule has 1 rings (SSSR count). The van der Waals surface area contributed by atoms with Gasteiger partial charge in [-0.25, -0.2) is 9.18 Å².